The summed E-state index contributed by atoms with van der Waals surface area (Å²) in [5.74, 6) is 2.40. The third-order valence-corrected chi connectivity index (χ3v) is 6.64. The molecule has 1 aromatic heterocycles. The van der Waals surface area contributed by atoms with Gasteiger partial charge in [-0.1, -0.05) is 11.8 Å². The maximum absolute atomic E-state index is 5.54. The normalized spacial score (nSPS) is 14.4. The maximum Gasteiger partial charge on any atom is 0.167 e. The Bertz CT molecular complexity index is 838. The van der Waals surface area contributed by atoms with E-state index in [0.29, 0.717) is 13.2 Å². The van der Waals surface area contributed by atoms with Crippen LogP contribution in [0.15, 0.2) is 52.9 Å². The summed E-state index contributed by atoms with van der Waals surface area (Å²) < 4.78 is 22.6. The Morgan fingerprint density at radius 2 is 1.50 bits per heavy atom. The number of thiazole rings is 1. The van der Waals surface area contributed by atoms with Crippen LogP contribution >= 0.6 is 23.1 Å². The summed E-state index contributed by atoms with van der Waals surface area (Å²) >= 11 is 3.35. The molecular formula is C21H21NO4S2. The molecule has 0 aliphatic carbocycles. The van der Waals surface area contributed by atoms with Crippen LogP contribution in [-0.2, 0) is 9.47 Å². The molecule has 7 heteroatoms. The van der Waals surface area contributed by atoms with Gasteiger partial charge in [0.1, 0.15) is 11.5 Å². The van der Waals surface area contributed by atoms with Gasteiger partial charge in [0, 0.05) is 5.56 Å². The summed E-state index contributed by atoms with van der Waals surface area (Å²) in [7, 11) is 3.34. The van der Waals surface area contributed by atoms with E-state index < -0.39 is 0 Å². The van der Waals surface area contributed by atoms with Crippen molar-refractivity contribution in [2.45, 2.75) is 10.6 Å². The predicted molar refractivity (Wildman–Crippen MR) is 113 cm³/mol. The number of ether oxygens (including phenoxy) is 4. The molecule has 4 rings (SSSR count). The van der Waals surface area contributed by atoms with Crippen LogP contribution in [0.3, 0.4) is 0 Å². The van der Waals surface area contributed by atoms with Crippen molar-refractivity contribution >= 4 is 23.1 Å². The number of methoxy groups -OCH3 is 2. The van der Waals surface area contributed by atoms with E-state index in [1.165, 1.54) is 0 Å². The van der Waals surface area contributed by atoms with Gasteiger partial charge in [-0.15, -0.1) is 11.3 Å². The van der Waals surface area contributed by atoms with Gasteiger partial charge < -0.3 is 18.9 Å². The summed E-state index contributed by atoms with van der Waals surface area (Å²) in [6.45, 7) is 1.33. The largest absolute Gasteiger partial charge is 0.497 e. The first-order valence-electron chi connectivity index (χ1n) is 8.92. The lowest BCUT2D eigenvalue weighted by atomic mass is 10.1. The average molecular weight is 416 g/mol. The predicted octanol–water partition coefficient (Wildman–Crippen LogP) is 4.96. The maximum atomic E-state index is 5.54. The monoisotopic (exact) mass is 415 g/mol. The topological polar surface area (TPSA) is 49.8 Å². The number of hydrogen-bond donors (Lipinski definition) is 0. The lowest BCUT2D eigenvalue weighted by Gasteiger charge is -2.05. The van der Waals surface area contributed by atoms with E-state index in [2.05, 4.69) is 12.1 Å². The molecule has 0 bridgehead atoms. The lowest BCUT2D eigenvalue weighted by Crippen LogP contribution is -2.10. The fourth-order valence-corrected chi connectivity index (χ4v) is 5.03. The molecule has 0 amide bonds. The number of hydrogen-bond acceptors (Lipinski definition) is 7. The van der Waals surface area contributed by atoms with Crippen LogP contribution in [0.25, 0.3) is 21.7 Å². The van der Waals surface area contributed by atoms with Crippen LogP contribution in [0, 0.1) is 0 Å². The Balaban J connectivity index is 1.66. The van der Waals surface area contributed by atoms with Crippen molar-refractivity contribution in [2.24, 2.45) is 0 Å². The Labute approximate surface area is 172 Å². The quantitative estimate of drug-likeness (QED) is 0.509. The SMILES string of the molecule is COc1ccc(-c2nc(SCC3OCCO3)sc2-c2ccc(OC)cc2)cc1. The molecule has 1 saturated heterocycles. The smallest absolute Gasteiger partial charge is 0.167 e. The van der Waals surface area contributed by atoms with Crippen LogP contribution in [0.4, 0.5) is 0 Å². The van der Waals surface area contributed by atoms with Crippen molar-refractivity contribution < 1.29 is 18.9 Å². The molecule has 2 heterocycles. The zero-order valence-corrected chi connectivity index (χ0v) is 17.3. The fraction of sp³-hybridized carbons (Fsp3) is 0.286. The molecule has 0 saturated carbocycles. The van der Waals surface area contributed by atoms with Gasteiger partial charge in [-0.25, -0.2) is 4.98 Å². The standard InChI is InChI=1S/C21H21NO4S2/c1-23-16-7-3-14(4-8-16)19-20(15-5-9-17(24-2)10-6-15)28-21(22-19)27-13-18-25-11-12-26-18/h3-10,18H,11-13H2,1-2H3. The highest BCUT2D eigenvalue weighted by Gasteiger charge is 2.20. The molecule has 1 aliphatic rings. The molecule has 0 atom stereocenters. The van der Waals surface area contributed by atoms with E-state index in [1.54, 1.807) is 37.3 Å². The number of aromatic nitrogens is 1. The Kier molecular flexibility index (Phi) is 6.17. The van der Waals surface area contributed by atoms with Crippen LogP contribution in [0.5, 0.6) is 11.5 Å². The minimum atomic E-state index is -0.150. The van der Waals surface area contributed by atoms with E-state index in [1.807, 2.05) is 36.4 Å². The van der Waals surface area contributed by atoms with Gasteiger partial charge in [-0.3, -0.25) is 0 Å². The Morgan fingerprint density at radius 1 is 0.929 bits per heavy atom. The summed E-state index contributed by atoms with van der Waals surface area (Å²) in [6, 6.07) is 16.1. The Morgan fingerprint density at radius 3 is 2.07 bits per heavy atom. The van der Waals surface area contributed by atoms with Gasteiger partial charge in [-0.05, 0) is 54.1 Å². The molecule has 28 heavy (non-hydrogen) atoms. The van der Waals surface area contributed by atoms with Gasteiger partial charge in [-0.2, -0.15) is 0 Å². The van der Waals surface area contributed by atoms with Crippen molar-refractivity contribution in [1.29, 1.82) is 0 Å². The first-order chi connectivity index (χ1) is 13.8. The van der Waals surface area contributed by atoms with Crippen LogP contribution in [0.1, 0.15) is 0 Å². The number of thioether (sulfide) groups is 1. The van der Waals surface area contributed by atoms with Crippen LogP contribution in [0.2, 0.25) is 0 Å². The van der Waals surface area contributed by atoms with E-state index in [9.17, 15) is 0 Å². The fourth-order valence-electron chi connectivity index (χ4n) is 2.89. The zero-order valence-electron chi connectivity index (χ0n) is 15.7. The van der Waals surface area contributed by atoms with Gasteiger partial charge in [0.2, 0.25) is 0 Å². The summed E-state index contributed by atoms with van der Waals surface area (Å²) in [5.41, 5.74) is 3.14. The molecular weight excluding hydrogens is 394 g/mol. The summed E-state index contributed by atoms with van der Waals surface area (Å²) in [6.07, 6.45) is -0.150. The molecule has 0 unspecified atom stereocenters. The summed E-state index contributed by atoms with van der Waals surface area (Å²) in [4.78, 5) is 6.04. The van der Waals surface area contributed by atoms with E-state index in [4.69, 9.17) is 23.9 Å². The second kappa shape index (κ2) is 8.96. The number of benzene rings is 2. The molecule has 1 aliphatic heterocycles. The lowest BCUT2D eigenvalue weighted by molar-refractivity contribution is -0.0214. The first-order valence-corrected chi connectivity index (χ1v) is 10.7. The minimum Gasteiger partial charge on any atom is -0.497 e. The second-order valence-corrected chi connectivity index (χ2v) is 8.36. The highest BCUT2D eigenvalue weighted by molar-refractivity contribution is 8.01. The zero-order chi connectivity index (χ0) is 19.3. The van der Waals surface area contributed by atoms with Gasteiger partial charge in [0.15, 0.2) is 10.6 Å². The van der Waals surface area contributed by atoms with E-state index in [0.717, 1.165) is 43.3 Å². The molecule has 2 aromatic carbocycles. The summed E-state index contributed by atoms with van der Waals surface area (Å²) in [5, 5.41) is 0. The third kappa shape index (κ3) is 4.33. The van der Waals surface area contributed by atoms with Crippen molar-refractivity contribution in [2.75, 3.05) is 33.2 Å². The van der Waals surface area contributed by atoms with Crippen molar-refractivity contribution in [3.05, 3.63) is 48.5 Å². The molecule has 3 aromatic rings. The van der Waals surface area contributed by atoms with Crippen molar-refractivity contribution in [1.82, 2.24) is 4.98 Å². The van der Waals surface area contributed by atoms with E-state index >= 15 is 0 Å². The van der Waals surface area contributed by atoms with Gasteiger partial charge >= 0.3 is 0 Å². The van der Waals surface area contributed by atoms with Crippen molar-refractivity contribution in [3.63, 3.8) is 0 Å². The third-order valence-electron chi connectivity index (χ3n) is 4.36. The number of rotatable bonds is 7. The van der Waals surface area contributed by atoms with Gasteiger partial charge in [0.05, 0.1) is 43.8 Å². The molecule has 0 N–H and O–H groups in total. The molecule has 5 nitrogen and oxygen atoms in total. The highest BCUT2D eigenvalue weighted by Crippen LogP contribution is 2.41. The molecule has 146 valence electrons. The molecule has 0 spiro atoms. The van der Waals surface area contributed by atoms with E-state index in [-0.39, 0.29) is 6.29 Å². The van der Waals surface area contributed by atoms with Gasteiger partial charge in [0.25, 0.3) is 0 Å². The second-order valence-electron chi connectivity index (χ2n) is 6.10. The first kappa shape index (κ1) is 19.3. The number of nitrogens with zero attached hydrogens (tertiary/aromatic N) is 1. The van der Waals surface area contributed by atoms with Crippen LogP contribution in [-0.4, -0.2) is 44.5 Å². The Hall–Kier alpha value is -2.06. The van der Waals surface area contributed by atoms with Crippen molar-refractivity contribution in [3.8, 4) is 33.2 Å². The minimum absolute atomic E-state index is 0.150. The average Bonchev–Trinajstić information content (AvgIpc) is 3.42. The molecule has 0 radical (unpaired) electrons. The van der Waals surface area contributed by atoms with Crippen LogP contribution < -0.4 is 9.47 Å². The highest BCUT2D eigenvalue weighted by atomic mass is 32.2. The molecule has 1 fully saturated rings.